The summed E-state index contributed by atoms with van der Waals surface area (Å²) in [6.07, 6.45) is 2.95. The molecule has 0 aromatic rings. The van der Waals surface area contributed by atoms with Gasteiger partial charge in [0.2, 0.25) is 0 Å². The molecule has 0 aromatic carbocycles. The van der Waals surface area contributed by atoms with Gasteiger partial charge < -0.3 is 5.11 Å². The van der Waals surface area contributed by atoms with Gasteiger partial charge in [-0.25, -0.2) is 0 Å². The molecule has 1 atom stereocenters. The minimum atomic E-state index is -0.0395. The van der Waals surface area contributed by atoms with E-state index in [0.29, 0.717) is 5.92 Å². The largest absolute Gasteiger partial charge is 0.396 e. The van der Waals surface area contributed by atoms with E-state index in [2.05, 4.69) is 6.07 Å². The predicted molar refractivity (Wildman–Crippen MR) is 38.1 cm³/mol. The van der Waals surface area contributed by atoms with Gasteiger partial charge in [-0.05, 0) is 25.2 Å². The molecule has 0 radical (unpaired) electrons. The second-order valence-corrected chi connectivity index (χ2v) is 3.38. The van der Waals surface area contributed by atoms with E-state index in [4.69, 9.17) is 10.4 Å². The van der Waals surface area contributed by atoms with Crippen LogP contribution in [0.5, 0.6) is 0 Å². The highest BCUT2D eigenvalue weighted by Crippen LogP contribution is 2.49. The average molecular weight is 139 g/mol. The van der Waals surface area contributed by atoms with Crippen LogP contribution in [0.2, 0.25) is 0 Å². The molecule has 1 aliphatic rings. The predicted octanol–water partition coefficient (Wildman–Crippen LogP) is 1.31. The van der Waals surface area contributed by atoms with Crippen LogP contribution < -0.4 is 0 Å². The summed E-state index contributed by atoms with van der Waals surface area (Å²) in [5, 5.41) is 17.4. The molecule has 0 aromatic heterocycles. The summed E-state index contributed by atoms with van der Waals surface area (Å²) in [6.45, 7) is 2.20. The van der Waals surface area contributed by atoms with Crippen molar-refractivity contribution in [3.8, 4) is 6.07 Å². The highest BCUT2D eigenvalue weighted by molar-refractivity contribution is 5.09. The van der Waals surface area contributed by atoms with E-state index < -0.39 is 0 Å². The molecule has 1 aliphatic carbocycles. The lowest BCUT2D eigenvalue weighted by atomic mass is 9.95. The first-order chi connectivity index (χ1) is 4.72. The molecule has 1 saturated carbocycles. The molecule has 0 spiro atoms. The van der Waals surface area contributed by atoms with Crippen molar-refractivity contribution in [2.75, 3.05) is 6.61 Å². The molecule has 56 valence electrons. The van der Waals surface area contributed by atoms with Crippen molar-refractivity contribution in [2.24, 2.45) is 11.3 Å². The number of rotatable bonds is 3. The van der Waals surface area contributed by atoms with Gasteiger partial charge in [0.15, 0.2) is 0 Å². The van der Waals surface area contributed by atoms with Crippen molar-refractivity contribution < 1.29 is 5.11 Å². The normalized spacial score (nSPS) is 23.3. The lowest BCUT2D eigenvalue weighted by molar-refractivity contribution is 0.217. The Morgan fingerprint density at radius 2 is 2.30 bits per heavy atom. The van der Waals surface area contributed by atoms with Gasteiger partial charge >= 0.3 is 0 Å². The van der Waals surface area contributed by atoms with Gasteiger partial charge in [0, 0.05) is 6.61 Å². The van der Waals surface area contributed by atoms with E-state index in [0.717, 1.165) is 19.3 Å². The van der Waals surface area contributed by atoms with Gasteiger partial charge in [0.05, 0.1) is 11.5 Å². The Morgan fingerprint density at radius 3 is 2.60 bits per heavy atom. The average Bonchev–Trinajstić information content (AvgIpc) is 2.70. The molecule has 10 heavy (non-hydrogen) atoms. The highest BCUT2D eigenvalue weighted by Gasteiger charge is 2.43. The Morgan fingerprint density at radius 1 is 1.70 bits per heavy atom. The topological polar surface area (TPSA) is 44.0 Å². The first-order valence-corrected chi connectivity index (χ1v) is 3.74. The minimum absolute atomic E-state index is 0.0395. The van der Waals surface area contributed by atoms with Crippen molar-refractivity contribution in [1.82, 2.24) is 0 Å². The SMILES string of the molecule is CC(CO)CC1(C#N)CC1. The molecule has 2 heteroatoms. The molecule has 1 rings (SSSR count). The second kappa shape index (κ2) is 2.59. The maximum absolute atomic E-state index is 8.71. The second-order valence-electron chi connectivity index (χ2n) is 3.38. The number of hydrogen-bond donors (Lipinski definition) is 1. The van der Waals surface area contributed by atoms with Crippen molar-refractivity contribution in [2.45, 2.75) is 26.2 Å². The molecule has 0 saturated heterocycles. The van der Waals surface area contributed by atoms with Gasteiger partial charge in [-0.2, -0.15) is 5.26 Å². The first-order valence-electron chi connectivity index (χ1n) is 3.74. The van der Waals surface area contributed by atoms with Crippen LogP contribution in [0.1, 0.15) is 26.2 Å². The molecule has 0 heterocycles. The van der Waals surface area contributed by atoms with Gasteiger partial charge in [0.1, 0.15) is 0 Å². The minimum Gasteiger partial charge on any atom is -0.396 e. The summed E-state index contributed by atoms with van der Waals surface area (Å²) >= 11 is 0. The maximum atomic E-state index is 8.71. The fraction of sp³-hybridized carbons (Fsp3) is 0.875. The molecule has 1 unspecified atom stereocenters. The summed E-state index contributed by atoms with van der Waals surface area (Å²) in [7, 11) is 0. The van der Waals surface area contributed by atoms with Gasteiger partial charge in [-0.3, -0.25) is 0 Å². The van der Waals surface area contributed by atoms with Crippen LogP contribution >= 0.6 is 0 Å². The lowest BCUT2D eigenvalue weighted by Crippen LogP contribution is -2.08. The fourth-order valence-corrected chi connectivity index (χ4v) is 1.24. The van der Waals surface area contributed by atoms with E-state index in [1.54, 1.807) is 0 Å². The Hall–Kier alpha value is -0.550. The third kappa shape index (κ3) is 1.48. The van der Waals surface area contributed by atoms with E-state index >= 15 is 0 Å². The van der Waals surface area contributed by atoms with Crippen molar-refractivity contribution in [3.05, 3.63) is 0 Å². The summed E-state index contributed by atoms with van der Waals surface area (Å²) < 4.78 is 0. The molecular weight excluding hydrogens is 126 g/mol. The van der Waals surface area contributed by atoms with Crippen LogP contribution in [-0.4, -0.2) is 11.7 Å². The van der Waals surface area contributed by atoms with Crippen LogP contribution in [0, 0.1) is 22.7 Å². The van der Waals surface area contributed by atoms with E-state index in [-0.39, 0.29) is 12.0 Å². The number of nitrogens with zero attached hydrogens (tertiary/aromatic N) is 1. The van der Waals surface area contributed by atoms with Gasteiger partial charge in [0.25, 0.3) is 0 Å². The Bertz CT molecular complexity index is 155. The quantitative estimate of drug-likeness (QED) is 0.640. The molecule has 1 fully saturated rings. The molecule has 0 amide bonds. The van der Waals surface area contributed by atoms with Crippen LogP contribution in [-0.2, 0) is 0 Å². The van der Waals surface area contributed by atoms with E-state index in [1.165, 1.54) is 0 Å². The summed E-state index contributed by atoms with van der Waals surface area (Å²) in [6, 6.07) is 2.31. The fourth-order valence-electron chi connectivity index (χ4n) is 1.24. The smallest absolute Gasteiger partial charge is 0.0689 e. The molecule has 0 aliphatic heterocycles. The monoisotopic (exact) mass is 139 g/mol. The Kier molecular flexibility index (Phi) is 1.96. The van der Waals surface area contributed by atoms with Crippen LogP contribution in [0.4, 0.5) is 0 Å². The summed E-state index contributed by atoms with van der Waals surface area (Å²) in [5.74, 6) is 0.294. The number of hydrogen-bond acceptors (Lipinski definition) is 2. The maximum Gasteiger partial charge on any atom is 0.0689 e. The standard InChI is InChI=1S/C8H13NO/c1-7(5-10)4-8(6-9)2-3-8/h7,10H,2-5H2,1H3. The summed E-state index contributed by atoms with van der Waals surface area (Å²) in [4.78, 5) is 0. The molecular formula is C8H13NO. The third-order valence-electron chi connectivity index (χ3n) is 2.14. The Labute approximate surface area is 61.5 Å². The lowest BCUT2D eigenvalue weighted by Gasteiger charge is -2.09. The van der Waals surface area contributed by atoms with Gasteiger partial charge in [-0.1, -0.05) is 6.92 Å². The van der Waals surface area contributed by atoms with Crippen molar-refractivity contribution in [1.29, 1.82) is 5.26 Å². The summed E-state index contributed by atoms with van der Waals surface area (Å²) in [5.41, 5.74) is -0.0395. The zero-order valence-electron chi connectivity index (χ0n) is 6.30. The zero-order chi connectivity index (χ0) is 7.61. The Balaban J connectivity index is 2.32. The first kappa shape index (κ1) is 7.56. The highest BCUT2D eigenvalue weighted by atomic mass is 16.3. The van der Waals surface area contributed by atoms with E-state index in [9.17, 15) is 0 Å². The molecule has 2 nitrogen and oxygen atoms in total. The van der Waals surface area contributed by atoms with Gasteiger partial charge in [-0.15, -0.1) is 0 Å². The van der Waals surface area contributed by atoms with Crippen LogP contribution in [0.15, 0.2) is 0 Å². The molecule has 0 bridgehead atoms. The number of aliphatic hydroxyl groups excluding tert-OH is 1. The number of nitriles is 1. The van der Waals surface area contributed by atoms with Crippen molar-refractivity contribution >= 4 is 0 Å². The molecule has 1 N–H and O–H groups in total. The third-order valence-corrected chi connectivity index (χ3v) is 2.14. The van der Waals surface area contributed by atoms with Crippen LogP contribution in [0.3, 0.4) is 0 Å². The number of aliphatic hydroxyl groups is 1. The van der Waals surface area contributed by atoms with Crippen LogP contribution in [0.25, 0.3) is 0 Å². The van der Waals surface area contributed by atoms with E-state index in [1.807, 2.05) is 6.92 Å². The zero-order valence-corrected chi connectivity index (χ0v) is 6.30. The van der Waals surface area contributed by atoms with Crippen molar-refractivity contribution in [3.63, 3.8) is 0 Å².